The molecule has 0 atom stereocenters. The van der Waals surface area contributed by atoms with E-state index >= 15 is 0 Å². The molecule has 4 rings (SSSR count). The number of nitrogens with one attached hydrogen (secondary N) is 1. The maximum atomic E-state index is 13.5. The first-order chi connectivity index (χ1) is 20.7. The van der Waals surface area contributed by atoms with Crippen molar-refractivity contribution in [3.8, 4) is 23.0 Å². The van der Waals surface area contributed by atoms with Crippen molar-refractivity contribution in [1.82, 2.24) is 10.2 Å². The molecule has 1 heterocycles. The van der Waals surface area contributed by atoms with Crippen LogP contribution in [0, 0.1) is 6.92 Å². The molecule has 0 radical (unpaired) electrons. The summed E-state index contributed by atoms with van der Waals surface area (Å²) in [4.78, 5) is 40.0. The SMILES string of the molecule is CCCOc1ccc(CN2C(=O)NC(=O)/C(=C\c3cc(Br)c(OCc4ccc(C)cc4)c(OCC)c3)C2=O)cc1OCC. The molecule has 3 aromatic rings. The number of imide groups is 2. The van der Waals surface area contributed by atoms with E-state index in [-0.39, 0.29) is 12.1 Å². The summed E-state index contributed by atoms with van der Waals surface area (Å²) < 4.78 is 24.0. The van der Waals surface area contributed by atoms with E-state index in [2.05, 4.69) is 21.2 Å². The molecule has 4 amide bonds. The van der Waals surface area contributed by atoms with E-state index in [0.29, 0.717) is 65.0 Å². The number of amides is 4. The van der Waals surface area contributed by atoms with E-state index in [4.69, 9.17) is 18.9 Å². The lowest BCUT2D eigenvalue weighted by Crippen LogP contribution is -2.53. The van der Waals surface area contributed by atoms with Crippen molar-refractivity contribution in [3.05, 3.63) is 86.9 Å². The van der Waals surface area contributed by atoms with E-state index < -0.39 is 17.8 Å². The second-order valence-corrected chi connectivity index (χ2v) is 10.7. The highest BCUT2D eigenvalue weighted by Crippen LogP contribution is 2.38. The van der Waals surface area contributed by atoms with Crippen LogP contribution in [0.25, 0.3) is 6.08 Å². The van der Waals surface area contributed by atoms with Crippen LogP contribution in [0.1, 0.15) is 49.4 Å². The number of barbiturate groups is 1. The standard InChI is InChI=1S/C33H35BrN2O7/c1-5-14-42-27-13-12-23(17-28(27)40-6-2)19-36-32(38)25(31(37)35-33(36)39)15-24-16-26(34)30(29(18-24)41-7-3)43-20-22-10-8-21(4)9-11-22/h8-13,15-18H,5-7,14,19-20H2,1-4H3,(H,35,37,39)/b25-15+. The van der Waals surface area contributed by atoms with Crippen LogP contribution >= 0.6 is 15.9 Å². The molecular weight excluding hydrogens is 616 g/mol. The fourth-order valence-electron chi connectivity index (χ4n) is 4.35. The molecule has 1 N–H and O–H groups in total. The van der Waals surface area contributed by atoms with Crippen molar-refractivity contribution >= 4 is 39.9 Å². The third kappa shape index (κ3) is 7.95. The molecular formula is C33H35BrN2O7. The number of urea groups is 1. The molecule has 0 aromatic heterocycles. The number of hydrogen-bond donors (Lipinski definition) is 1. The van der Waals surface area contributed by atoms with Gasteiger partial charge >= 0.3 is 6.03 Å². The van der Waals surface area contributed by atoms with Crippen molar-refractivity contribution in [1.29, 1.82) is 0 Å². The van der Waals surface area contributed by atoms with Crippen molar-refractivity contribution < 1.29 is 33.3 Å². The number of aryl methyl sites for hydroxylation is 1. The summed E-state index contributed by atoms with van der Waals surface area (Å²) in [6.07, 6.45) is 2.27. The van der Waals surface area contributed by atoms with E-state index in [1.807, 2.05) is 52.0 Å². The molecule has 0 saturated carbocycles. The Kier molecular flexibility index (Phi) is 10.8. The maximum Gasteiger partial charge on any atom is 0.331 e. The number of carbonyl (C=O) groups is 3. The van der Waals surface area contributed by atoms with Crippen LogP contribution in [0.3, 0.4) is 0 Å². The summed E-state index contributed by atoms with van der Waals surface area (Å²) in [5.41, 5.74) is 3.12. The first-order valence-electron chi connectivity index (χ1n) is 14.2. The highest BCUT2D eigenvalue weighted by atomic mass is 79.9. The zero-order valence-corrected chi connectivity index (χ0v) is 26.3. The lowest BCUT2D eigenvalue weighted by molar-refractivity contribution is -0.130. The zero-order chi connectivity index (χ0) is 30.9. The molecule has 226 valence electrons. The highest BCUT2D eigenvalue weighted by molar-refractivity contribution is 9.10. The number of carbonyl (C=O) groups excluding carboxylic acids is 3. The van der Waals surface area contributed by atoms with E-state index in [1.54, 1.807) is 30.3 Å². The van der Waals surface area contributed by atoms with E-state index in [9.17, 15) is 14.4 Å². The van der Waals surface area contributed by atoms with Gasteiger partial charge in [0.1, 0.15) is 12.2 Å². The summed E-state index contributed by atoms with van der Waals surface area (Å²) in [6, 6.07) is 15.9. The predicted octanol–water partition coefficient (Wildman–Crippen LogP) is 6.58. The third-order valence-corrected chi connectivity index (χ3v) is 7.03. The smallest absolute Gasteiger partial charge is 0.331 e. The Labute approximate surface area is 259 Å². The molecule has 43 heavy (non-hydrogen) atoms. The second kappa shape index (κ2) is 14.7. The van der Waals surface area contributed by atoms with Gasteiger partial charge in [-0.15, -0.1) is 0 Å². The van der Waals surface area contributed by atoms with Crippen LogP contribution in [0.15, 0.2) is 64.6 Å². The maximum absolute atomic E-state index is 13.5. The number of ether oxygens (including phenoxy) is 4. The van der Waals surface area contributed by atoms with Crippen LogP contribution < -0.4 is 24.3 Å². The largest absolute Gasteiger partial charge is 0.490 e. The number of nitrogens with zero attached hydrogens (tertiary/aromatic N) is 1. The molecule has 0 spiro atoms. The third-order valence-electron chi connectivity index (χ3n) is 6.44. The molecule has 1 aliphatic rings. The molecule has 10 heteroatoms. The van der Waals surface area contributed by atoms with Gasteiger partial charge in [0, 0.05) is 0 Å². The Morgan fingerprint density at radius 3 is 2.21 bits per heavy atom. The molecule has 0 bridgehead atoms. The average molecular weight is 652 g/mol. The molecule has 0 aliphatic carbocycles. The fourth-order valence-corrected chi connectivity index (χ4v) is 4.93. The Morgan fingerprint density at radius 1 is 0.814 bits per heavy atom. The zero-order valence-electron chi connectivity index (χ0n) is 24.7. The molecule has 1 aliphatic heterocycles. The minimum Gasteiger partial charge on any atom is -0.490 e. The predicted molar refractivity (Wildman–Crippen MR) is 166 cm³/mol. The van der Waals surface area contributed by atoms with Gasteiger partial charge in [0.25, 0.3) is 11.8 Å². The first kappa shape index (κ1) is 31.6. The normalized spacial score (nSPS) is 14.1. The quantitative estimate of drug-likeness (QED) is 0.164. The fraction of sp³-hybridized carbons (Fsp3) is 0.303. The molecule has 1 saturated heterocycles. The molecule has 9 nitrogen and oxygen atoms in total. The summed E-state index contributed by atoms with van der Waals surface area (Å²) >= 11 is 3.55. The van der Waals surface area contributed by atoms with E-state index in [0.717, 1.165) is 22.4 Å². The van der Waals surface area contributed by atoms with E-state index in [1.165, 1.54) is 6.08 Å². The number of halogens is 1. The number of benzene rings is 3. The lowest BCUT2D eigenvalue weighted by atomic mass is 10.1. The van der Waals surface area contributed by atoms with Gasteiger partial charge in [-0.05, 0) is 90.2 Å². The monoisotopic (exact) mass is 650 g/mol. The Bertz CT molecular complexity index is 1520. The first-order valence-corrected chi connectivity index (χ1v) is 14.9. The van der Waals surface area contributed by atoms with Crippen molar-refractivity contribution in [2.24, 2.45) is 0 Å². The van der Waals surface area contributed by atoms with Crippen LogP contribution in [-0.4, -0.2) is 42.6 Å². The van der Waals surface area contributed by atoms with Gasteiger partial charge in [-0.1, -0.05) is 42.8 Å². The van der Waals surface area contributed by atoms with Crippen molar-refractivity contribution in [3.63, 3.8) is 0 Å². The Hall–Kier alpha value is -4.31. The van der Waals surface area contributed by atoms with Gasteiger partial charge in [0.05, 0.1) is 30.8 Å². The number of hydrogen-bond acceptors (Lipinski definition) is 7. The Morgan fingerprint density at radius 2 is 1.51 bits per heavy atom. The molecule has 0 unspecified atom stereocenters. The lowest BCUT2D eigenvalue weighted by Gasteiger charge is -2.26. The van der Waals surface area contributed by atoms with Gasteiger partial charge in [-0.2, -0.15) is 0 Å². The minimum atomic E-state index is -0.799. The molecule has 3 aromatic carbocycles. The minimum absolute atomic E-state index is 0.0664. The van der Waals surface area contributed by atoms with Crippen molar-refractivity contribution in [2.75, 3.05) is 19.8 Å². The summed E-state index contributed by atoms with van der Waals surface area (Å²) in [7, 11) is 0. The average Bonchev–Trinajstić information content (AvgIpc) is 2.98. The highest BCUT2D eigenvalue weighted by Gasteiger charge is 2.36. The second-order valence-electron chi connectivity index (χ2n) is 9.81. The van der Waals surface area contributed by atoms with Crippen molar-refractivity contribution in [2.45, 2.75) is 47.3 Å². The van der Waals surface area contributed by atoms with Gasteiger partial charge < -0.3 is 18.9 Å². The van der Waals surface area contributed by atoms with Crippen LogP contribution in [0.2, 0.25) is 0 Å². The van der Waals surface area contributed by atoms with Crippen LogP contribution in [0.5, 0.6) is 23.0 Å². The van der Waals surface area contributed by atoms with Crippen LogP contribution in [-0.2, 0) is 22.7 Å². The Balaban J connectivity index is 1.58. The van der Waals surface area contributed by atoms with Gasteiger partial charge in [-0.3, -0.25) is 19.8 Å². The topological polar surface area (TPSA) is 103 Å². The van der Waals surface area contributed by atoms with Crippen LogP contribution in [0.4, 0.5) is 4.79 Å². The van der Waals surface area contributed by atoms with Gasteiger partial charge in [0.2, 0.25) is 0 Å². The summed E-state index contributed by atoms with van der Waals surface area (Å²) in [5.74, 6) is 0.548. The summed E-state index contributed by atoms with van der Waals surface area (Å²) in [6.45, 7) is 9.33. The number of rotatable bonds is 13. The van der Waals surface area contributed by atoms with Gasteiger partial charge in [0.15, 0.2) is 23.0 Å². The molecule has 1 fully saturated rings. The summed E-state index contributed by atoms with van der Waals surface area (Å²) in [5, 5.41) is 2.27. The van der Waals surface area contributed by atoms with Gasteiger partial charge in [-0.25, -0.2) is 4.79 Å².